The number of hydrogen-bond acceptors (Lipinski definition) is 15. The smallest absolute Gasteiger partial charge is 0.306 e. The van der Waals surface area contributed by atoms with E-state index in [1.165, 1.54) is 157 Å². The average molecular weight is 1310 g/mol. The van der Waals surface area contributed by atoms with Gasteiger partial charge in [-0.1, -0.05) is 200 Å². The summed E-state index contributed by atoms with van der Waals surface area (Å²) < 4.78 is 11.6. The zero-order valence-electron chi connectivity index (χ0n) is 57.6. The van der Waals surface area contributed by atoms with Crippen molar-refractivity contribution in [3.63, 3.8) is 0 Å². The first-order valence-electron chi connectivity index (χ1n) is 36.9. The molecule has 0 spiro atoms. The van der Waals surface area contributed by atoms with E-state index < -0.39 is 17.4 Å². The van der Waals surface area contributed by atoms with Crippen LogP contribution in [0.3, 0.4) is 0 Å². The van der Waals surface area contributed by atoms with E-state index in [0.717, 1.165) is 142 Å². The molecule has 0 aromatic carbocycles. The number of ether oxygens (including phenoxy) is 2. The third-order valence-electron chi connectivity index (χ3n) is 18.2. The maximum atomic E-state index is 13.2. The molecular weight excluding hydrogens is 1170 g/mol. The summed E-state index contributed by atoms with van der Waals surface area (Å²) in [6.07, 6.45) is 46.7. The number of Topliss-reactive ketones (excluding diaryl/α,β-unsaturated/α-hetero) is 2. The Labute approximate surface area is 556 Å². The third kappa shape index (κ3) is 44.5. The number of ketones is 2. The minimum absolute atomic E-state index is 0.0277. The van der Waals surface area contributed by atoms with E-state index >= 15 is 0 Å². The highest BCUT2D eigenvalue weighted by Crippen LogP contribution is 2.33. The lowest BCUT2D eigenvalue weighted by Gasteiger charge is -2.30. The molecule has 90 heavy (non-hydrogen) atoms. The molecule has 2 aliphatic rings. The van der Waals surface area contributed by atoms with Gasteiger partial charge in [0.05, 0.1) is 23.1 Å². The summed E-state index contributed by atoms with van der Waals surface area (Å²) in [6, 6.07) is -0.754. The van der Waals surface area contributed by atoms with Crippen LogP contribution < -0.4 is 27.0 Å². The van der Waals surface area contributed by atoms with Gasteiger partial charge in [-0.2, -0.15) is 11.8 Å². The van der Waals surface area contributed by atoms with E-state index in [2.05, 4.69) is 35.1 Å². The highest BCUT2D eigenvalue weighted by Gasteiger charge is 2.41. The standard InChI is InChI=1S/C72H132N6O10S2/c1-5-7-9-11-13-15-17-19-21-23-27-31-35-43-69(83)87-55-62(88-70(84)44-36-32-28-24-22-20-18-16-14-12-10-8-6-2)56-89-57-63(73)65(80)42-34-30-26-25-29-33-38-49-75-50-40-52-77-71(85)61-47-45-60(46-48-61)54-78-68(82)53-66(72(78)86)90-58-67(81)76-51-39-37-41-64(74-4)59(3)79/h60-64,66,74-75H,5-58,73H2,1-4H3,(H,76,81)(H,77,85). The predicted octanol–water partition coefficient (Wildman–Crippen LogP) is 14.4. The van der Waals surface area contributed by atoms with Crippen molar-refractivity contribution < 1.29 is 47.8 Å². The molecule has 0 bridgehead atoms. The largest absolute Gasteiger partial charge is 0.462 e. The number of carbonyl (C=O) groups is 8. The molecule has 1 saturated carbocycles. The van der Waals surface area contributed by atoms with Gasteiger partial charge in [0.1, 0.15) is 24.3 Å². The number of carbonyl (C=O) groups excluding carboxylic acids is 8. The molecule has 1 aliphatic heterocycles. The number of nitrogens with zero attached hydrogens (tertiary/aromatic N) is 1. The van der Waals surface area contributed by atoms with Crippen molar-refractivity contribution in [1.82, 2.24) is 26.2 Å². The number of likely N-dealkylation sites (tertiary alicyclic amines) is 1. The Balaban J connectivity index is 1.53. The number of nitrogens with one attached hydrogen (secondary N) is 4. The van der Waals surface area contributed by atoms with Crippen LogP contribution in [0.4, 0.5) is 0 Å². The molecule has 4 amide bonds. The molecule has 18 heteroatoms. The van der Waals surface area contributed by atoms with E-state index in [4.69, 9.17) is 15.2 Å². The van der Waals surface area contributed by atoms with Crippen LogP contribution in [-0.2, 0) is 47.8 Å². The topological polar surface area (TPSA) is 232 Å². The fourth-order valence-corrected chi connectivity index (χ4v) is 14.2. The van der Waals surface area contributed by atoms with Gasteiger partial charge in [-0.05, 0) is 110 Å². The zero-order chi connectivity index (χ0) is 65.5. The van der Waals surface area contributed by atoms with Crippen molar-refractivity contribution in [1.29, 1.82) is 0 Å². The van der Waals surface area contributed by atoms with Gasteiger partial charge in [-0.25, -0.2) is 0 Å². The summed E-state index contributed by atoms with van der Waals surface area (Å²) in [5, 5.41) is 12.0. The minimum Gasteiger partial charge on any atom is -0.462 e. The molecule has 0 aromatic rings. The molecule has 6 N–H and O–H groups in total. The second kappa shape index (κ2) is 57.4. The summed E-state index contributed by atoms with van der Waals surface area (Å²) in [6.45, 7) is 9.40. The third-order valence-corrected chi connectivity index (χ3v) is 20.6. The number of likely N-dealkylation sites (N-methyl/N-ethyl adjacent to an activating group) is 1. The van der Waals surface area contributed by atoms with Crippen molar-refractivity contribution >= 4 is 70.7 Å². The Morgan fingerprint density at radius 2 is 1.04 bits per heavy atom. The van der Waals surface area contributed by atoms with Crippen LogP contribution in [0.2, 0.25) is 0 Å². The molecule has 2 rings (SSSR count). The van der Waals surface area contributed by atoms with Gasteiger partial charge in [0.2, 0.25) is 23.6 Å². The number of imide groups is 1. The second-order valence-corrected chi connectivity index (χ2v) is 28.6. The monoisotopic (exact) mass is 1300 g/mol. The maximum Gasteiger partial charge on any atom is 0.306 e. The van der Waals surface area contributed by atoms with Crippen molar-refractivity contribution in [2.24, 2.45) is 17.6 Å². The molecule has 1 saturated heterocycles. The van der Waals surface area contributed by atoms with Crippen molar-refractivity contribution in [2.45, 2.75) is 333 Å². The van der Waals surface area contributed by atoms with Gasteiger partial charge in [-0.15, -0.1) is 11.8 Å². The lowest BCUT2D eigenvalue weighted by Crippen LogP contribution is -2.39. The van der Waals surface area contributed by atoms with Crippen molar-refractivity contribution in [3.8, 4) is 0 Å². The Bertz CT molecular complexity index is 1890. The number of nitrogens with two attached hydrogens (primary N) is 1. The molecular formula is C72H132N6O10S2. The Kier molecular flexibility index (Phi) is 52.9. The summed E-state index contributed by atoms with van der Waals surface area (Å²) in [4.78, 5) is 103. The Morgan fingerprint density at radius 1 is 0.567 bits per heavy atom. The first kappa shape index (κ1) is 83.0. The Hall–Kier alpha value is -3.06. The fourth-order valence-electron chi connectivity index (χ4n) is 12.2. The maximum absolute atomic E-state index is 13.2. The van der Waals surface area contributed by atoms with Crippen LogP contribution in [-0.4, -0.2) is 139 Å². The lowest BCUT2D eigenvalue weighted by molar-refractivity contribution is -0.157. The first-order chi connectivity index (χ1) is 43.8. The van der Waals surface area contributed by atoms with Crippen molar-refractivity contribution in [3.05, 3.63) is 0 Å². The van der Waals surface area contributed by atoms with Crippen LogP contribution in [0, 0.1) is 11.8 Å². The quantitative estimate of drug-likeness (QED) is 0.0216. The Morgan fingerprint density at radius 3 is 1.58 bits per heavy atom. The first-order valence-corrected chi connectivity index (χ1v) is 39.1. The number of esters is 2. The van der Waals surface area contributed by atoms with E-state index in [-0.39, 0.29) is 83.8 Å². The summed E-state index contributed by atoms with van der Waals surface area (Å²) in [5.74, 6) is 0.269. The molecule has 4 unspecified atom stereocenters. The van der Waals surface area contributed by atoms with E-state index in [0.29, 0.717) is 56.8 Å². The van der Waals surface area contributed by atoms with Crippen LogP contribution >= 0.6 is 23.5 Å². The van der Waals surface area contributed by atoms with Crippen molar-refractivity contribution in [2.75, 3.05) is 63.6 Å². The van der Waals surface area contributed by atoms with Gasteiger partial charge in [-0.3, -0.25) is 43.3 Å². The van der Waals surface area contributed by atoms with E-state index in [1.807, 2.05) is 0 Å². The van der Waals surface area contributed by atoms with Gasteiger partial charge in [0, 0.05) is 62.7 Å². The molecule has 0 aromatic heterocycles. The summed E-state index contributed by atoms with van der Waals surface area (Å²) >= 11 is 2.71. The summed E-state index contributed by atoms with van der Waals surface area (Å²) in [7, 11) is 1.77. The zero-order valence-corrected chi connectivity index (χ0v) is 59.2. The number of thioether (sulfide) groups is 2. The average Bonchev–Trinajstić information content (AvgIpc) is 1.80. The van der Waals surface area contributed by atoms with E-state index in [1.54, 1.807) is 14.0 Å². The molecule has 16 nitrogen and oxygen atoms in total. The predicted molar refractivity (Wildman–Crippen MR) is 373 cm³/mol. The minimum atomic E-state index is -0.588. The molecule has 1 aliphatic carbocycles. The number of unbranched alkanes of at least 4 members (excludes halogenated alkanes) is 31. The second-order valence-electron chi connectivity index (χ2n) is 26.4. The highest BCUT2D eigenvalue weighted by molar-refractivity contribution is 8.01. The number of hydrogen-bond donors (Lipinski definition) is 5. The highest BCUT2D eigenvalue weighted by atomic mass is 32.2. The van der Waals surface area contributed by atoms with Crippen LogP contribution in [0.25, 0.3) is 0 Å². The normalized spacial score (nSPS) is 16.9. The van der Waals surface area contributed by atoms with E-state index in [9.17, 15) is 38.4 Å². The van der Waals surface area contributed by atoms with Gasteiger partial charge < -0.3 is 36.5 Å². The lowest BCUT2D eigenvalue weighted by atomic mass is 9.81. The van der Waals surface area contributed by atoms with Crippen LogP contribution in [0.5, 0.6) is 0 Å². The summed E-state index contributed by atoms with van der Waals surface area (Å²) in [5.41, 5.74) is 6.37. The SMILES string of the molecule is CCCCCCCCCCCCCCCC(=O)OCC(CSCC(N)C(=O)CCCCCCCCCNCCCNC(=O)C1CCC(CN2C(=O)CC(SCC(=O)NCCCCC(NC)C(C)=O)C2=O)CC1)OC(=O)CCCCCCCCCCCCCCC. The van der Waals surface area contributed by atoms with Gasteiger partial charge in [0.25, 0.3) is 0 Å². The molecule has 0 radical (unpaired) electrons. The van der Waals surface area contributed by atoms with Crippen LogP contribution in [0.15, 0.2) is 0 Å². The molecule has 1 heterocycles. The van der Waals surface area contributed by atoms with Gasteiger partial charge >= 0.3 is 11.9 Å². The van der Waals surface area contributed by atoms with Gasteiger partial charge in [0.15, 0.2) is 0 Å². The molecule has 4 atom stereocenters. The fraction of sp³-hybridized carbons (Fsp3) is 0.889. The molecule has 522 valence electrons. The molecule has 2 fully saturated rings. The number of amides is 4. The number of rotatable bonds is 63. The van der Waals surface area contributed by atoms with Crippen LogP contribution in [0.1, 0.15) is 310 Å².